The first-order chi connectivity index (χ1) is 8.70. The molecule has 2 unspecified atom stereocenters. The molecule has 2 rings (SSSR count). The van der Waals surface area contributed by atoms with Crippen molar-refractivity contribution in [3.8, 4) is 0 Å². The zero-order valence-electron chi connectivity index (χ0n) is 10.8. The molecule has 1 aliphatic rings. The molecular formula is C14H21FN2O. The Labute approximate surface area is 108 Å². The number of nitrogens with two attached hydrogens (primary N) is 1. The second-order valence-corrected chi connectivity index (χ2v) is 4.86. The van der Waals surface area contributed by atoms with Crippen LogP contribution in [0.1, 0.15) is 30.0 Å². The highest BCUT2D eigenvalue weighted by atomic mass is 19.1. The molecule has 1 aromatic rings. The monoisotopic (exact) mass is 252 g/mol. The fraction of sp³-hybridized carbons (Fsp3) is 0.571. The van der Waals surface area contributed by atoms with Crippen LogP contribution >= 0.6 is 0 Å². The molecule has 0 spiro atoms. The van der Waals surface area contributed by atoms with E-state index in [9.17, 15) is 4.39 Å². The summed E-state index contributed by atoms with van der Waals surface area (Å²) < 4.78 is 19.3. The minimum Gasteiger partial charge on any atom is -0.377 e. The van der Waals surface area contributed by atoms with Crippen molar-refractivity contribution >= 4 is 0 Å². The molecule has 1 saturated heterocycles. The number of ether oxygens (including phenoxy) is 1. The van der Waals surface area contributed by atoms with Crippen LogP contribution in [0.3, 0.4) is 0 Å². The summed E-state index contributed by atoms with van der Waals surface area (Å²) in [5, 5.41) is 3.31. The highest BCUT2D eigenvalue weighted by Gasteiger charge is 2.19. The summed E-state index contributed by atoms with van der Waals surface area (Å²) in [6, 6.07) is 4.98. The van der Waals surface area contributed by atoms with Crippen LogP contribution in [0.5, 0.6) is 0 Å². The maximum absolute atomic E-state index is 13.8. The maximum Gasteiger partial charge on any atom is 0.128 e. The third-order valence-electron chi connectivity index (χ3n) is 3.38. The van der Waals surface area contributed by atoms with Gasteiger partial charge in [0.15, 0.2) is 0 Å². The minimum atomic E-state index is -0.198. The predicted molar refractivity (Wildman–Crippen MR) is 69.9 cm³/mol. The number of benzene rings is 1. The summed E-state index contributed by atoms with van der Waals surface area (Å²) in [4.78, 5) is 0. The number of hydrogen-bond acceptors (Lipinski definition) is 3. The summed E-state index contributed by atoms with van der Waals surface area (Å²) in [5.74, 6) is -0.198. The first-order valence-electron chi connectivity index (χ1n) is 6.52. The lowest BCUT2D eigenvalue weighted by molar-refractivity contribution is 0.107. The Morgan fingerprint density at radius 3 is 3.06 bits per heavy atom. The Bertz CT molecular complexity index is 391. The van der Waals surface area contributed by atoms with Gasteiger partial charge in [-0.1, -0.05) is 17.7 Å². The average Bonchev–Trinajstić information content (AvgIpc) is 2.87. The van der Waals surface area contributed by atoms with E-state index in [1.54, 1.807) is 6.07 Å². The fourth-order valence-electron chi connectivity index (χ4n) is 2.33. The first-order valence-corrected chi connectivity index (χ1v) is 6.52. The Morgan fingerprint density at radius 2 is 2.39 bits per heavy atom. The number of aryl methyl sites for hydroxylation is 1. The van der Waals surface area contributed by atoms with Gasteiger partial charge in [-0.05, 0) is 25.8 Å². The molecule has 1 aromatic carbocycles. The maximum atomic E-state index is 13.8. The topological polar surface area (TPSA) is 47.3 Å². The number of hydrogen-bond donors (Lipinski definition) is 2. The minimum absolute atomic E-state index is 0.144. The van der Waals surface area contributed by atoms with E-state index in [4.69, 9.17) is 10.5 Å². The molecule has 1 aliphatic heterocycles. The molecule has 3 nitrogen and oxygen atoms in total. The molecule has 3 N–H and O–H groups in total. The van der Waals surface area contributed by atoms with Crippen molar-refractivity contribution in [2.75, 3.05) is 19.7 Å². The third-order valence-corrected chi connectivity index (χ3v) is 3.38. The molecule has 0 radical (unpaired) electrons. The van der Waals surface area contributed by atoms with E-state index >= 15 is 0 Å². The molecular weight excluding hydrogens is 231 g/mol. The van der Waals surface area contributed by atoms with E-state index in [0.29, 0.717) is 12.1 Å². The standard InChI is InChI=1S/C14H21FN2O/c1-10-4-5-13(15)12(7-10)14(8-16)17-9-11-3-2-6-18-11/h4-5,7,11,14,17H,2-3,6,8-9,16H2,1H3. The molecule has 0 bridgehead atoms. The molecule has 0 amide bonds. The van der Waals surface area contributed by atoms with Gasteiger partial charge in [-0.25, -0.2) is 4.39 Å². The van der Waals surface area contributed by atoms with Crippen molar-refractivity contribution in [3.05, 3.63) is 35.1 Å². The van der Waals surface area contributed by atoms with E-state index in [2.05, 4.69) is 5.32 Å². The number of nitrogens with one attached hydrogen (secondary N) is 1. The van der Waals surface area contributed by atoms with Gasteiger partial charge in [0.25, 0.3) is 0 Å². The molecule has 4 heteroatoms. The molecule has 2 atom stereocenters. The Balaban J connectivity index is 2.00. The van der Waals surface area contributed by atoms with Crippen molar-refractivity contribution in [2.45, 2.75) is 31.9 Å². The van der Waals surface area contributed by atoms with Crippen LogP contribution < -0.4 is 11.1 Å². The lowest BCUT2D eigenvalue weighted by Gasteiger charge is -2.20. The summed E-state index contributed by atoms with van der Waals surface area (Å²) in [6.07, 6.45) is 2.42. The van der Waals surface area contributed by atoms with Crippen molar-refractivity contribution in [2.24, 2.45) is 5.73 Å². The van der Waals surface area contributed by atoms with Crippen molar-refractivity contribution < 1.29 is 9.13 Å². The van der Waals surface area contributed by atoms with Gasteiger partial charge in [0.2, 0.25) is 0 Å². The second kappa shape index (κ2) is 6.27. The smallest absolute Gasteiger partial charge is 0.128 e. The van der Waals surface area contributed by atoms with E-state index in [1.165, 1.54) is 6.07 Å². The molecule has 0 aromatic heterocycles. The summed E-state index contributed by atoms with van der Waals surface area (Å²) in [7, 11) is 0. The van der Waals surface area contributed by atoms with Gasteiger partial charge in [-0.2, -0.15) is 0 Å². The predicted octanol–water partition coefficient (Wildman–Crippen LogP) is 1.90. The van der Waals surface area contributed by atoms with Crippen LogP contribution in [0.15, 0.2) is 18.2 Å². The van der Waals surface area contributed by atoms with Gasteiger partial charge < -0.3 is 15.8 Å². The van der Waals surface area contributed by atoms with E-state index in [1.807, 2.05) is 13.0 Å². The molecule has 18 heavy (non-hydrogen) atoms. The van der Waals surface area contributed by atoms with Gasteiger partial charge in [0, 0.05) is 31.3 Å². The number of rotatable bonds is 5. The lowest BCUT2D eigenvalue weighted by Crippen LogP contribution is -2.34. The Morgan fingerprint density at radius 1 is 1.56 bits per heavy atom. The summed E-state index contributed by atoms with van der Waals surface area (Å²) in [5.41, 5.74) is 7.43. The first kappa shape index (κ1) is 13.5. The molecule has 1 heterocycles. The zero-order valence-corrected chi connectivity index (χ0v) is 10.8. The van der Waals surface area contributed by atoms with Crippen LogP contribution in [-0.4, -0.2) is 25.8 Å². The largest absolute Gasteiger partial charge is 0.377 e. The van der Waals surface area contributed by atoms with E-state index in [0.717, 1.165) is 31.6 Å². The lowest BCUT2D eigenvalue weighted by atomic mass is 10.0. The third kappa shape index (κ3) is 3.28. The molecule has 100 valence electrons. The Kier molecular flexibility index (Phi) is 4.69. The molecule has 0 aliphatic carbocycles. The highest BCUT2D eigenvalue weighted by molar-refractivity contribution is 5.27. The zero-order chi connectivity index (χ0) is 13.0. The normalized spacial score (nSPS) is 21.2. The highest BCUT2D eigenvalue weighted by Crippen LogP contribution is 2.19. The second-order valence-electron chi connectivity index (χ2n) is 4.86. The van der Waals surface area contributed by atoms with Crippen LogP contribution in [0.25, 0.3) is 0 Å². The van der Waals surface area contributed by atoms with Crippen LogP contribution in [0.2, 0.25) is 0 Å². The van der Waals surface area contributed by atoms with E-state index in [-0.39, 0.29) is 18.0 Å². The summed E-state index contributed by atoms with van der Waals surface area (Å²) >= 11 is 0. The fourth-order valence-corrected chi connectivity index (χ4v) is 2.33. The molecule has 1 fully saturated rings. The SMILES string of the molecule is Cc1ccc(F)c(C(CN)NCC2CCCO2)c1. The average molecular weight is 252 g/mol. The van der Waals surface area contributed by atoms with Crippen LogP contribution in [0.4, 0.5) is 4.39 Å². The van der Waals surface area contributed by atoms with Gasteiger partial charge >= 0.3 is 0 Å². The van der Waals surface area contributed by atoms with Gasteiger partial charge in [-0.3, -0.25) is 0 Å². The van der Waals surface area contributed by atoms with Crippen molar-refractivity contribution in [1.29, 1.82) is 0 Å². The van der Waals surface area contributed by atoms with Crippen LogP contribution in [0, 0.1) is 12.7 Å². The number of halogens is 1. The van der Waals surface area contributed by atoms with Gasteiger partial charge in [0.1, 0.15) is 5.82 Å². The van der Waals surface area contributed by atoms with Crippen molar-refractivity contribution in [3.63, 3.8) is 0 Å². The van der Waals surface area contributed by atoms with Gasteiger partial charge in [-0.15, -0.1) is 0 Å². The van der Waals surface area contributed by atoms with Gasteiger partial charge in [0.05, 0.1) is 6.10 Å². The van der Waals surface area contributed by atoms with E-state index < -0.39 is 0 Å². The van der Waals surface area contributed by atoms with Crippen LogP contribution in [-0.2, 0) is 4.74 Å². The summed E-state index contributed by atoms with van der Waals surface area (Å²) in [6.45, 7) is 3.90. The molecule has 0 saturated carbocycles. The van der Waals surface area contributed by atoms with Crippen molar-refractivity contribution in [1.82, 2.24) is 5.32 Å². The quantitative estimate of drug-likeness (QED) is 0.841. The Hall–Kier alpha value is -0.970.